The number of rotatable bonds is 1. The highest BCUT2D eigenvalue weighted by Crippen LogP contribution is 2.22. The average Bonchev–Trinajstić information content (AvgIpc) is 3.28. The summed E-state index contributed by atoms with van der Waals surface area (Å²) >= 11 is 1.17. The molecule has 1 aromatic heterocycles. The van der Waals surface area contributed by atoms with Crippen LogP contribution in [0.4, 0.5) is 0 Å². The summed E-state index contributed by atoms with van der Waals surface area (Å²) in [5.41, 5.74) is -0.0239. The Morgan fingerprint density at radius 2 is 2.06 bits per heavy atom. The molecular weight excluding hydrogens is 462 g/mol. The normalized spacial score (nSPS) is 30.9. The number of oxazole rings is 1. The number of carbonyl (C=O) groups excluding carboxylic acids is 3. The van der Waals surface area contributed by atoms with E-state index in [1.165, 1.54) is 25.1 Å². The van der Waals surface area contributed by atoms with Crippen LogP contribution in [-0.2, 0) is 25.5 Å². The molecular formula is C23H29N3O7S. The number of carbonyl (C=O) groups is 3. The zero-order valence-electron chi connectivity index (χ0n) is 19.1. The third kappa shape index (κ3) is 7.57. The van der Waals surface area contributed by atoms with E-state index in [2.05, 4.69) is 15.6 Å². The van der Waals surface area contributed by atoms with Crippen LogP contribution in [-0.4, -0.2) is 71.6 Å². The number of fused-ring (bicyclic) bond motifs is 5. The quantitative estimate of drug-likeness (QED) is 0.496. The maximum Gasteiger partial charge on any atom is 0.329 e. The zero-order chi connectivity index (χ0) is 24.5. The topological polar surface area (TPSA) is 140 Å². The van der Waals surface area contributed by atoms with Gasteiger partial charge in [-0.15, -0.1) is 11.8 Å². The number of aliphatic hydroxyl groups is 1. The first-order chi connectivity index (χ1) is 16.4. The van der Waals surface area contributed by atoms with E-state index >= 15 is 0 Å². The van der Waals surface area contributed by atoms with Crippen molar-refractivity contribution in [3.8, 4) is 0 Å². The van der Waals surface area contributed by atoms with Crippen LogP contribution in [0.15, 0.2) is 46.0 Å². The molecule has 34 heavy (non-hydrogen) atoms. The van der Waals surface area contributed by atoms with Gasteiger partial charge in [0.05, 0.1) is 23.5 Å². The summed E-state index contributed by atoms with van der Waals surface area (Å²) in [5.74, 6) is -1.20. The van der Waals surface area contributed by atoms with E-state index in [1.54, 1.807) is 37.3 Å². The molecule has 3 rings (SSSR count). The molecule has 1 aromatic rings. The first-order valence-corrected chi connectivity index (χ1v) is 12.0. The molecule has 0 aliphatic carbocycles. The third-order valence-electron chi connectivity index (χ3n) is 5.13. The summed E-state index contributed by atoms with van der Waals surface area (Å²) in [6, 6.07) is -0.988. The van der Waals surface area contributed by atoms with E-state index in [-0.39, 0.29) is 35.8 Å². The molecule has 2 aliphatic heterocycles. The summed E-state index contributed by atoms with van der Waals surface area (Å²) < 4.78 is 16.1. The van der Waals surface area contributed by atoms with Crippen molar-refractivity contribution in [3.63, 3.8) is 0 Å². The molecule has 0 radical (unpaired) electrons. The molecule has 2 amide bonds. The Hall–Kier alpha value is -2.89. The van der Waals surface area contributed by atoms with Gasteiger partial charge in [0.25, 0.3) is 11.8 Å². The van der Waals surface area contributed by atoms with E-state index < -0.39 is 30.1 Å². The van der Waals surface area contributed by atoms with Gasteiger partial charge < -0.3 is 29.6 Å². The van der Waals surface area contributed by atoms with Crippen LogP contribution in [0.2, 0.25) is 0 Å². The Morgan fingerprint density at radius 3 is 2.85 bits per heavy atom. The van der Waals surface area contributed by atoms with Crippen LogP contribution in [0.5, 0.6) is 0 Å². The molecule has 3 N–H and O–H groups in total. The standard InChI is InChI=1S/C23H29N3O7S/c1-14-7-8-19-22(29)24-9-5-3-4-6-16(31-2)10-15(27)11-20-25-17(12-32-20)21(28)26-18(13-34-19)23(30)33-14/h3-6,8,12,14-16,18,27H,7,9-11,13H2,1-2H3,(H,24,29)(H,26,28)/b5-3-,6-4-,19-8-/t14-,15-,16-,18-/m1/s1. The van der Waals surface area contributed by atoms with Gasteiger partial charge in [0, 0.05) is 32.2 Å². The highest BCUT2D eigenvalue weighted by molar-refractivity contribution is 8.04. The lowest BCUT2D eigenvalue weighted by Crippen LogP contribution is -2.44. The first-order valence-electron chi connectivity index (χ1n) is 11.0. The number of methoxy groups -OCH3 is 1. The van der Waals surface area contributed by atoms with Crippen LogP contribution in [0.1, 0.15) is 36.1 Å². The van der Waals surface area contributed by atoms with Gasteiger partial charge in [0.2, 0.25) is 0 Å². The molecule has 0 spiro atoms. The Labute approximate surface area is 201 Å². The molecule has 2 aliphatic rings. The molecule has 0 fully saturated rings. The first kappa shape index (κ1) is 25.7. The van der Waals surface area contributed by atoms with E-state index in [9.17, 15) is 19.5 Å². The van der Waals surface area contributed by atoms with Crippen LogP contribution >= 0.6 is 11.8 Å². The summed E-state index contributed by atoms with van der Waals surface area (Å²) in [7, 11) is 1.54. The number of allylic oxidation sites excluding steroid dienone is 2. The molecule has 10 nitrogen and oxygen atoms in total. The molecule has 184 valence electrons. The van der Waals surface area contributed by atoms with Crippen molar-refractivity contribution in [2.75, 3.05) is 19.4 Å². The van der Waals surface area contributed by atoms with Crippen molar-refractivity contribution in [2.45, 2.75) is 50.5 Å². The zero-order valence-corrected chi connectivity index (χ0v) is 19.9. The lowest BCUT2D eigenvalue weighted by atomic mass is 10.1. The molecule has 3 heterocycles. The number of aromatic nitrogens is 1. The molecule has 0 saturated carbocycles. The third-order valence-corrected chi connectivity index (χ3v) is 6.29. The number of hydrogen-bond acceptors (Lipinski definition) is 9. The van der Waals surface area contributed by atoms with Crippen molar-refractivity contribution in [3.05, 3.63) is 53.1 Å². The van der Waals surface area contributed by atoms with Crippen molar-refractivity contribution in [1.29, 1.82) is 0 Å². The summed E-state index contributed by atoms with van der Waals surface area (Å²) in [4.78, 5) is 42.5. The molecule has 4 atom stereocenters. The van der Waals surface area contributed by atoms with Crippen molar-refractivity contribution >= 4 is 29.5 Å². The van der Waals surface area contributed by atoms with E-state index in [1.807, 2.05) is 0 Å². The van der Waals surface area contributed by atoms with Crippen molar-refractivity contribution in [1.82, 2.24) is 15.6 Å². The minimum atomic E-state index is -0.988. The van der Waals surface area contributed by atoms with Crippen LogP contribution < -0.4 is 10.6 Å². The summed E-state index contributed by atoms with van der Waals surface area (Å²) in [6.45, 7) is 2.02. The van der Waals surface area contributed by atoms with Crippen molar-refractivity contribution < 1.29 is 33.4 Å². The van der Waals surface area contributed by atoms with Crippen LogP contribution in [0.25, 0.3) is 0 Å². The van der Waals surface area contributed by atoms with Gasteiger partial charge in [-0.05, 0) is 6.92 Å². The molecule has 11 heteroatoms. The second-order valence-electron chi connectivity index (χ2n) is 7.91. The number of ether oxygens (including phenoxy) is 2. The maximum absolute atomic E-state index is 12.7. The SMILES string of the molecule is CO[C@@H]1/C=C\C=C/CNC(=O)/C2=C/C[C@@H](C)OC(=O)[C@@H](CS2)NC(=O)c2coc(n2)C[C@H](O)C1. The average molecular weight is 492 g/mol. The highest BCUT2D eigenvalue weighted by Gasteiger charge is 2.28. The summed E-state index contributed by atoms with van der Waals surface area (Å²) in [6.07, 6.45) is 9.17. The smallest absolute Gasteiger partial charge is 0.329 e. The molecule has 0 saturated heterocycles. The minimum Gasteiger partial charge on any atom is -0.461 e. The lowest BCUT2D eigenvalue weighted by Gasteiger charge is -2.18. The fraction of sp³-hybridized carbons (Fsp3) is 0.478. The predicted molar refractivity (Wildman–Crippen MR) is 125 cm³/mol. The largest absolute Gasteiger partial charge is 0.461 e. The predicted octanol–water partition coefficient (Wildman–Crippen LogP) is 1.28. The van der Waals surface area contributed by atoms with Crippen LogP contribution in [0.3, 0.4) is 0 Å². The lowest BCUT2D eigenvalue weighted by molar-refractivity contribution is -0.149. The van der Waals surface area contributed by atoms with Gasteiger partial charge in [0.1, 0.15) is 18.4 Å². The van der Waals surface area contributed by atoms with Crippen molar-refractivity contribution in [2.24, 2.45) is 0 Å². The number of thioether (sulfide) groups is 1. The monoisotopic (exact) mass is 491 g/mol. The van der Waals surface area contributed by atoms with Gasteiger partial charge in [-0.3, -0.25) is 9.59 Å². The van der Waals surface area contributed by atoms with E-state index in [4.69, 9.17) is 13.9 Å². The van der Waals surface area contributed by atoms with E-state index in [0.717, 1.165) is 0 Å². The van der Waals surface area contributed by atoms with Gasteiger partial charge >= 0.3 is 5.97 Å². The van der Waals surface area contributed by atoms with E-state index in [0.29, 0.717) is 24.3 Å². The highest BCUT2D eigenvalue weighted by atomic mass is 32.2. The fourth-order valence-electron chi connectivity index (χ4n) is 3.28. The number of esters is 1. The van der Waals surface area contributed by atoms with Gasteiger partial charge in [0.15, 0.2) is 11.6 Å². The van der Waals surface area contributed by atoms with Gasteiger partial charge in [-0.1, -0.05) is 30.4 Å². The number of hydrogen-bond donors (Lipinski definition) is 3. The second-order valence-corrected chi connectivity index (χ2v) is 8.97. The Kier molecular flexibility index (Phi) is 9.49. The second kappa shape index (κ2) is 12.5. The van der Waals surface area contributed by atoms with Crippen LogP contribution in [0, 0.1) is 0 Å². The number of aliphatic hydroxyl groups excluding tert-OH is 1. The summed E-state index contributed by atoms with van der Waals surface area (Å²) in [5, 5.41) is 15.8. The fourth-order valence-corrected chi connectivity index (χ4v) is 4.26. The molecule has 0 aromatic carbocycles. The van der Waals surface area contributed by atoms with Gasteiger partial charge in [-0.25, -0.2) is 9.78 Å². The molecule has 0 unspecified atom stereocenters. The maximum atomic E-state index is 12.7. The molecule has 4 bridgehead atoms. The number of nitrogens with one attached hydrogen (secondary N) is 2. The number of cyclic esters (lactones) is 1. The number of nitrogens with zero attached hydrogens (tertiary/aromatic N) is 1. The Balaban J connectivity index is 1.84. The number of amides is 2. The van der Waals surface area contributed by atoms with Gasteiger partial charge in [-0.2, -0.15) is 0 Å². The minimum absolute atomic E-state index is 0.0239. The Morgan fingerprint density at radius 1 is 1.24 bits per heavy atom. The Bertz CT molecular complexity index is 972.